The molecule has 0 aromatic heterocycles. The van der Waals surface area contributed by atoms with Gasteiger partial charge in [0.15, 0.2) is 0 Å². The van der Waals surface area contributed by atoms with Crippen molar-refractivity contribution in [3.05, 3.63) is 58.7 Å². The van der Waals surface area contributed by atoms with Crippen LogP contribution in [-0.4, -0.2) is 97.1 Å². The summed E-state index contributed by atoms with van der Waals surface area (Å²) in [7, 11) is -3.68. The first-order valence-electron chi connectivity index (χ1n) is 15.1. The molecule has 4 rings (SSSR count). The number of benzene rings is 2. The number of rotatable bonds is 14. The summed E-state index contributed by atoms with van der Waals surface area (Å²) >= 11 is 0. The van der Waals surface area contributed by atoms with Crippen molar-refractivity contribution in [1.29, 1.82) is 0 Å². The van der Waals surface area contributed by atoms with Gasteiger partial charge in [-0.1, -0.05) is 12.1 Å². The van der Waals surface area contributed by atoms with Crippen LogP contribution in [0.4, 0.5) is 22.0 Å². The smallest absolute Gasteiger partial charge is 0.453 e. The molecule has 2 aliphatic rings. The number of aliphatic hydroxyl groups excluding tert-OH is 2. The van der Waals surface area contributed by atoms with Gasteiger partial charge in [0, 0.05) is 25.1 Å². The second-order valence-electron chi connectivity index (χ2n) is 11.8. The average Bonchev–Trinajstić information content (AvgIpc) is 3.32. The van der Waals surface area contributed by atoms with Gasteiger partial charge in [0.25, 0.3) is 5.91 Å². The number of hydrogen-bond donors (Lipinski definition) is 3. The quantitative estimate of drug-likeness (QED) is 0.203. The Balaban J connectivity index is 1.33. The predicted molar refractivity (Wildman–Crippen MR) is 162 cm³/mol. The molecular weight excluding hydrogens is 653 g/mol. The third-order valence-electron chi connectivity index (χ3n) is 8.28. The summed E-state index contributed by atoms with van der Waals surface area (Å²) in [4.78, 5) is 17.7. The van der Waals surface area contributed by atoms with Gasteiger partial charge in [-0.3, -0.25) is 9.79 Å². The Bertz CT molecular complexity index is 1550. The summed E-state index contributed by atoms with van der Waals surface area (Å²) in [6.45, 7) is 2.95. The van der Waals surface area contributed by atoms with Gasteiger partial charge in [-0.05, 0) is 80.5 Å². The van der Waals surface area contributed by atoms with Gasteiger partial charge in [-0.2, -0.15) is 22.0 Å². The molecule has 1 unspecified atom stereocenters. The normalized spacial score (nSPS) is 17.8. The number of aliphatic hydroxyl groups is 2. The lowest BCUT2D eigenvalue weighted by molar-refractivity contribution is -0.284. The van der Waals surface area contributed by atoms with Crippen molar-refractivity contribution < 1.29 is 54.9 Å². The van der Waals surface area contributed by atoms with Gasteiger partial charge in [-0.15, -0.1) is 0 Å². The number of nitrogens with zero attached hydrogens (tertiary/aromatic N) is 2. The highest BCUT2D eigenvalue weighted by Crippen LogP contribution is 2.39. The third kappa shape index (κ3) is 8.77. The Morgan fingerprint density at radius 3 is 2.32 bits per heavy atom. The lowest BCUT2D eigenvalue weighted by Crippen LogP contribution is -2.50. The number of nitrogens with one attached hydrogen (secondary N) is 1. The number of hydrogen-bond acceptors (Lipinski definition) is 8. The number of alkyl halides is 5. The SMILES string of the molecule is Cc1cc(OCC(O)CO)cc(C)c1CCS(=O)(=O)N1CCC2(CC1)N=C(c1cccc(OCCCC(F)(F)C(F)(F)F)c1)NC2=O. The van der Waals surface area contributed by atoms with Crippen LogP contribution >= 0.6 is 0 Å². The van der Waals surface area contributed by atoms with E-state index < -0.39 is 53.2 Å². The van der Waals surface area contributed by atoms with E-state index in [0.29, 0.717) is 11.3 Å². The maximum Gasteiger partial charge on any atom is 0.453 e. The largest absolute Gasteiger partial charge is 0.494 e. The number of amides is 1. The van der Waals surface area contributed by atoms with Crippen LogP contribution in [0.2, 0.25) is 0 Å². The fraction of sp³-hybridized carbons (Fsp3) is 0.548. The highest BCUT2D eigenvalue weighted by atomic mass is 32.2. The topological polar surface area (TPSA) is 138 Å². The second-order valence-corrected chi connectivity index (χ2v) is 13.9. The van der Waals surface area contributed by atoms with Gasteiger partial charge >= 0.3 is 12.1 Å². The van der Waals surface area contributed by atoms with Crippen molar-refractivity contribution in [3.8, 4) is 11.5 Å². The Hall–Kier alpha value is -3.34. The molecule has 1 amide bonds. The van der Waals surface area contributed by atoms with Gasteiger partial charge in [0.2, 0.25) is 10.0 Å². The van der Waals surface area contributed by atoms with Crippen molar-refractivity contribution in [2.45, 2.75) is 69.7 Å². The van der Waals surface area contributed by atoms with Gasteiger partial charge in [0.05, 0.1) is 19.0 Å². The van der Waals surface area contributed by atoms with Crippen molar-refractivity contribution in [2.75, 3.05) is 38.7 Å². The van der Waals surface area contributed by atoms with Crippen LogP contribution in [0.3, 0.4) is 0 Å². The summed E-state index contributed by atoms with van der Waals surface area (Å²) in [6, 6.07) is 9.68. The van der Waals surface area contributed by atoms with E-state index in [4.69, 9.17) is 14.6 Å². The van der Waals surface area contributed by atoms with Crippen LogP contribution in [0, 0.1) is 13.8 Å². The van der Waals surface area contributed by atoms with Gasteiger partial charge in [0.1, 0.15) is 35.6 Å². The number of halogens is 5. The molecule has 0 radical (unpaired) electrons. The first-order valence-corrected chi connectivity index (χ1v) is 16.7. The molecule has 2 aromatic rings. The van der Waals surface area contributed by atoms with E-state index >= 15 is 0 Å². The summed E-state index contributed by atoms with van der Waals surface area (Å²) in [5, 5.41) is 21.2. The molecule has 1 atom stereocenters. The van der Waals surface area contributed by atoms with E-state index in [1.165, 1.54) is 16.4 Å². The zero-order valence-electron chi connectivity index (χ0n) is 25.9. The lowest BCUT2D eigenvalue weighted by Gasteiger charge is -2.34. The number of amidine groups is 1. The van der Waals surface area contributed by atoms with E-state index in [9.17, 15) is 40.3 Å². The summed E-state index contributed by atoms with van der Waals surface area (Å²) in [5.74, 6) is -4.41. The fourth-order valence-corrected chi connectivity index (χ4v) is 6.98. The zero-order chi connectivity index (χ0) is 34.6. The number of aryl methyl sites for hydroxylation is 2. The number of piperidine rings is 1. The minimum atomic E-state index is -5.63. The number of carbonyl (C=O) groups is 1. The van der Waals surface area contributed by atoms with E-state index in [2.05, 4.69) is 10.3 Å². The maximum absolute atomic E-state index is 13.3. The first kappa shape index (κ1) is 36.5. The van der Waals surface area contributed by atoms with Crippen molar-refractivity contribution in [3.63, 3.8) is 0 Å². The first-order chi connectivity index (χ1) is 22.0. The molecule has 47 heavy (non-hydrogen) atoms. The second kappa shape index (κ2) is 14.4. The molecule has 10 nitrogen and oxygen atoms in total. The zero-order valence-corrected chi connectivity index (χ0v) is 26.8. The molecule has 0 saturated carbocycles. The van der Waals surface area contributed by atoms with E-state index in [0.717, 1.165) is 16.7 Å². The highest BCUT2D eigenvalue weighted by Gasteiger charge is 2.56. The van der Waals surface area contributed by atoms with E-state index in [1.54, 1.807) is 24.3 Å². The fourth-order valence-electron chi connectivity index (χ4n) is 5.52. The number of ether oxygens (including phenoxy) is 2. The Morgan fingerprint density at radius 2 is 1.70 bits per heavy atom. The van der Waals surface area contributed by atoms with Gasteiger partial charge in [-0.25, -0.2) is 12.7 Å². The molecule has 1 spiro atoms. The molecule has 2 aromatic carbocycles. The number of carbonyl (C=O) groups excluding carboxylic acids is 1. The Morgan fingerprint density at radius 1 is 1.04 bits per heavy atom. The summed E-state index contributed by atoms with van der Waals surface area (Å²) < 4.78 is 102. The predicted octanol–water partition coefficient (Wildman–Crippen LogP) is 3.68. The summed E-state index contributed by atoms with van der Waals surface area (Å²) in [6.07, 6.45) is -8.02. The van der Waals surface area contributed by atoms with Crippen molar-refractivity contribution in [2.24, 2.45) is 4.99 Å². The molecule has 1 fully saturated rings. The molecule has 0 aliphatic carbocycles. The maximum atomic E-state index is 13.3. The highest BCUT2D eigenvalue weighted by molar-refractivity contribution is 7.89. The molecule has 3 N–H and O–H groups in total. The minimum absolute atomic E-state index is 0.0768. The molecular formula is C31H38F5N3O7S. The molecule has 1 saturated heterocycles. The standard InChI is InChI=1S/C31H38F5N3O7S/c1-20-15-25(46-19-23(41)18-40)16-21(2)26(20)7-14-47(43,44)39-11-9-29(10-12-39)28(42)37-27(38-29)22-5-3-6-24(17-22)45-13-4-8-30(32,33)31(34,35)36/h3,5-6,15-17,23,40-41H,4,7-14,18-19H2,1-2H3,(H,37,38,42). The number of aliphatic imine (C=N–C) groups is 1. The van der Waals surface area contributed by atoms with Crippen LogP contribution in [0.25, 0.3) is 0 Å². The molecule has 0 bridgehead atoms. The van der Waals surface area contributed by atoms with Crippen molar-refractivity contribution in [1.82, 2.24) is 9.62 Å². The van der Waals surface area contributed by atoms with Crippen molar-refractivity contribution >= 4 is 21.8 Å². The summed E-state index contributed by atoms with van der Waals surface area (Å²) in [5.41, 5.74) is 1.78. The van der Waals surface area contributed by atoms with Crippen LogP contribution in [-0.2, 0) is 21.2 Å². The lowest BCUT2D eigenvalue weighted by atomic mass is 9.89. The molecule has 2 aliphatic heterocycles. The van der Waals surface area contributed by atoms with Crippen LogP contribution in [0.5, 0.6) is 11.5 Å². The Kier molecular flexibility index (Phi) is 11.2. The van der Waals surface area contributed by atoms with Crippen LogP contribution < -0.4 is 14.8 Å². The van der Waals surface area contributed by atoms with E-state index in [1.807, 2.05) is 13.8 Å². The minimum Gasteiger partial charge on any atom is -0.494 e. The Labute approximate surface area is 269 Å². The monoisotopic (exact) mass is 691 g/mol. The third-order valence-corrected chi connectivity index (χ3v) is 10.2. The molecule has 16 heteroatoms. The molecule has 260 valence electrons. The van der Waals surface area contributed by atoms with E-state index in [-0.39, 0.29) is 68.8 Å². The molecule has 2 heterocycles. The average molecular weight is 692 g/mol. The van der Waals surface area contributed by atoms with Gasteiger partial charge < -0.3 is 25.0 Å². The van der Waals surface area contributed by atoms with Crippen LogP contribution in [0.15, 0.2) is 41.4 Å². The number of sulfonamides is 1. The van der Waals surface area contributed by atoms with Crippen LogP contribution in [0.1, 0.15) is 47.9 Å².